The Labute approximate surface area is 211 Å². The summed E-state index contributed by atoms with van der Waals surface area (Å²) >= 11 is 1.35. The number of aryl methyl sites for hydroxylation is 2. The minimum absolute atomic E-state index is 0.0876. The zero-order chi connectivity index (χ0) is 25.2. The van der Waals surface area contributed by atoms with E-state index in [2.05, 4.69) is 4.99 Å². The number of nitrogens with zero attached hydrogens (tertiary/aromatic N) is 3. The number of amides is 1. The fraction of sp³-hybridized carbons (Fsp3) is 0.179. The summed E-state index contributed by atoms with van der Waals surface area (Å²) in [5.74, 6) is 0.918. The Morgan fingerprint density at radius 3 is 2.36 bits per heavy atom. The molecule has 8 heteroatoms. The Hall–Kier alpha value is -4.17. The Bertz CT molecular complexity index is 1660. The van der Waals surface area contributed by atoms with Crippen LogP contribution in [0.1, 0.15) is 27.6 Å². The molecule has 5 rings (SSSR count). The lowest BCUT2D eigenvalue weighted by atomic mass is 10.1. The molecule has 0 aliphatic carbocycles. The van der Waals surface area contributed by atoms with Gasteiger partial charge in [-0.15, -0.1) is 0 Å². The van der Waals surface area contributed by atoms with Gasteiger partial charge >= 0.3 is 0 Å². The van der Waals surface area contributed by atoms with E-state index in [0.29, 0.717) is 34.8 Å². The van der Waals surface area contributed by atoms with Crippen LogP contribution in [0.2, 0.25) is 0 Å². The third-order valence-corrected chi connectivity index (χ3v) is 7.16. The summed E-state index contributed by atoms with van der Waals surface area (Å²) in [7, 11) is 3.22. The number of para-hydroxylation sites is 1. The molecule has 0 aliphatic rings. The lowest BCUT2D eigenvalue weighted by Crippen LogP contribution is -2.18. The normalized spacial score (nSPS) is 11.8. The van der Waals surface area contributed by atoms with Crippen LogP contribution in [0, 0.1) is 0 Å². The number of ether oxygens (including phenoxy) is 2. The molecule has 0 saturated carbocycles. The van der Waals surface area contributed by atoms with E-state index >= 15 is 0 Å². The van der Waals surface area contributed by atoms with Crippen molar-refractivity contribution in [2.75, 3.05) is 14.2 Å². The van der Waals surface area contributed by atoms with Crippen molar-refractivity contribution in [2.24, 2.45) is 4.99 Å². The summed E-state index contributed by atoms with van der Waals surface area (Å²) in [6.45, 7) is 2.10. The molecule has 0 radical (unpaired) electrons. The third kappa shape index (κ3) is 4.20. The highest BCUT2D eigenvalue weighted by Gasteiger charge is 2.20. The van der Waals surface area contributed by atoms with E-state index in [1.807, 2.05) is 65.2 Å². The number of benzene rings is 3. The van der Waals surface area contributed by atoms with Gasteiger partial charge in [-0.2, -0.15) is 4.99 Å². The van der Waals surface area contributed by atoms with E-state index < -0.39 is 0 Å². The Kier molecular flexibility index (Phi) is 6.43. The van der Waals surface area contributed by atoms with E-state index in [0.717, 1.165) is 26.8 Å². The van der Waals surface area contributed by atoms with Crippen LogP contribution < -0.4 is 14.3 Å². The molecule has 2 aromatic heterocycles. The maximum atomic E-state index is 13.0. The molecule has 1 amide bonds. The third-order valence-electron chi connectivity index (χ3n) is 6.10. The monoisotopic (exact) mass is 499 g/mol. The van der Waals surface area contributed by atoms with Gasteiger partial charge in [-0.1, -0.05) is 53.8 Å². The number of hydrogen-bond donors (Lipinski definition) is 0. The van der Waals surface area contributed by atoms with Crippen LogP contribution in [0.25, 0.3) is 21.3 Å². The number of fused-ring (bicyclic) bond motifs is 3. The SMILES string of the molecule is COc1ccc(CCn2c(=NC(=O)c3ccccc3)sc3c2c2ccccc2n3C(C)=O)cc1OC. The predicted molar refractivity (Wildman–Crippen MR) is 141 cm³/mol. The van der Waals surface area contributed by atoms with E-state index in [-0.39, 0.29) is 11.8 Å². The highest BCUT2D eigenvalue weighted by Crippen LogP contribution is 2.32. The van der Waals surface area contributed by atoms with Crippen LogP contribution in [0.3, 0.4) is 0 Å². The number of carbonyl (C=O) groups excluding carboxylic acids is 2. The van der Waals surface area contributed by atoms with Gasteiger partial charge in [-0.25, -0.2) is 0 Å². The van der Waals surface area contributed by atoms with Crippen molar-refractivity contribution in [1.29, 1.82) is 0 Å². The van der Waals surface area contributed by atoms with E-state index in [1.54, 1.807) is 37.8 Å². The van der Waals surface area contributed by atoms with Crippen LogP contribution in [-0.4, -0.2) is 35.2 Å². The summed E-state index contributed by atoms with van der Waals surface area (Å²) in [6, 6.07) is 22.6. The van der Waals surface area contributed by atoms with Gasteiger partial charge in [0.1, 0.15) is 4.83 Å². The van der Waals surface area contributed by atoms with Crippen LogP contribution in [0.4, 0.5) is 0 Å². The fourth-order valence-electron chi connectivity index (χ4n) is 4.40. The largest absolute Gasteiger partial charge is 0.493 e. The first-order chi connectivity index (χ1) is 17.5. The lowest BCUT2D eigenvalue weighted by molar-refractivity contribution is 0.0945. The Morgan fingerprint density at radius 1 is 0.917 bits per heavy atom. The lowest BCUT2D eigenvalue weighted by Gasteiger charge is -2.10. The van der Waals surface area contributed by atoms with E-state index in [1.165, 1.54) is 11.3 Å². The summed E-state index contributed by atoms with van der Waals surface area (Å²) in [5.41, 5.74) is 3.30. The van der Waals surface area contributed by atoms with Crippen molar-refractivity contribution in [3.8, 4) is 11.5 Å². The quantitative estimate of drug-likeness (QED) is 0.317. The van der Waals surface area contributed by atoms with Gasteiger partial charge in [-0.3, -0.25) is 14.2 Å². The van der Waals surface area contributed by atoms with Gasteiger partial charge < -0.3 is 14.0 Å². The average molecular weight is 500 g/mol. The van der Waals surface area contributed by atoms with Crippen molar-refractivity contribution in [1.82, 2.24) is 9.13 Å². The van der Waals surface area contributed by atoms with Gasteiger partial charge in [0, 0.05) is 24.4 Å². The molecule has 36 heavy (non-hydrogen) atoms. The van der Waals surface area contributed by atoms with Crippen molar-refractivity contribution in [3.63, 3.8) is 0 Å². The first-order valence-corrected chi connectivity index (χ1v) is 12.3. The number of thiazole rings is 1. The minimum atomic E-state index is -0.321. The molecule has 0 atom stereocenters. The molecular formula is C28H25N3O4S. The molecule has 0 N–H and O–H groups in total. The maximum absolute atomic E-state index is 13.0. The first kappa shape index (κ1) is 23.6. The predicted octanol–water partition coefficient (Wildman–Crippen LogP) is 5.32. The van der Waals surface area contributed by atoms with Crippen molar-refractivity contribution in [3.05, 3.63) is 88.7 Å². The molecule has 0 bridgehead atoms. The number of aromatic nitrogens is 2. The molecule has 3 aromatic carbocycles. The van der Waals surface area contributed by atoms with Crippen molar-refractivity contribution >= 4 is 44.4 Å². The Morgan fingerprint density at radius 2 is 1.64 bits per heavy atom. The van der Waals surface area contributed by atoms with Crippen LogP contribution in [0.5, 0.6) is 11.5 Å². The van der Waals surface area contributed by atoms with Gasteiger partial charge in [0.05, 0.1) is 25.3 Å². The Balaban J connectivity index is 1.67. The number of carbonyl (C=O) groups is 2. The summed E-state index contributed by atoms with van der Waals surface area (Å²) in [6.07, 6.45) is 0.665. The zero-order valence-electron chi connectivity index (χ0n) is 20.2. The van der Waals surface area contributed by atoms with Gasteiger partial charge in [0.2, 0.25) is 5.91 Å². The molecule has 5 aromatic rings. The molecule has 0 unspecified atom stereocenters. The van der Waals surface area contributed by atoms with Crippen LogP contribution in [0.15, 0.2) is 77.8 Å². The second-order valence-corrected chi connectivity index (χ2v) is 9.24. The summed E-state index contributed by atoms with van der Waals surface area (Å²) < 4.78 is 14.6. The summed E-state index contributed by atoms with van der Waals surface area (Å²) in [4.78, 5) is 31.5. The number of hydrogen-bond acceptors (Lipinski definition) is 5. The minimum Gasteiger partial charge on any atom is -0.493 e. The fourth-order valence-corrected chi connectivity index (χ4v) is 5.63. The van der Waals surface area contributed by atoms with Crippen LogP contribution in [-0.2, 0) is 13.0 Å². The average Bonchev–Trinajstić information content (AvgIpc) is 3.41. The van der Waals surface area contributed by atoms with Crippen molar-refractivity contribution < 1.29 is 19.1 Å². The van der Waals surface area contributed by atoms with E-state index in [9.17, 15) is 9.59 Å². The zero-order valence-corrected chi connectivity index (χ0v) is 21.0. The standard InChI is InChI=1S/C28H25N3O4S/c1-18(32)31-22-12-8-7-11-21(22)25-27(31)36-28(29-26(33)20-9-5-4-6-10-20)30(25)16-15-19-13-14-23(34-2)24(17-19)35-3/h4-14,17H,15-16H2,1-3H3. The second-order valence-electron chi connectivity index (χ2n) is 8.28. The first-order valence-electron chi connectivity index (χ1n) is 11.5. The second kappa shape index (κ2) is 9.83. The van der Waals surface area contributed by atoms with Gasteiger partial charge in [0.25, 0.3) is 5.91 Å². The maximum Gasteiger partial charge on any atom is 0.279 e. The number of rotatable bonds is 6. The molecule has 0 aliphatic heterocycles. The molecule has 2 heterocycles. The molecule has 0 saturated heterocycles. The topological polar surface area (TPSA) is 74.8 Å². The molecule has 0 spiro atoms. The molecular weight excluding hydrogens is 474 g/mol. The molecule has 182 valence electrons. The van der Waals surface area contributed by atoms with Gasteiger partial charge in [-0.05, 0) is 42.3 Å². The molecule has 0 fully saturated rings. The smallest absolute Gasteiger partial charge is 0.279 e. The highest BCUT2D eigenvalue weighted by molar-refractivity contribution is 7.16. The van der Waals surface area contributed by atoms with E-state index in [4.69, 9.17) is 9.47 Å². The number of methoxy groups -OCH3 is 2. The summed E-state index contributed by atoms with van der Waals surface area (Å²) in [5, 5.41) is 0.944. The highest BCUT2D eigenvalue weighted by atomic mass is 32.1. The molecule has 7 nitrogen and oxygen atoms in total. The van der Waals surface area contributed by atoms with Crippen LogP contribution >= 0.6 is 11.3 Å². The van der Waals surface area contributed by atoms with Crippen molar-refractivity contribution in [2.45, 2.75) is 19.9 Å². The van der Waals surface area contributed by atoms with Gasteiger partial charge in [0.15, 0.2) is 16.3 Å².